The zero-order valence-electron chi connectivity index (χ0n) is 19.4. The number of benzene rings is 3. The number of hydrogen-bond donors (Lipinski definition) is 2. The number of carbonyl (C=O) groups excluding carboxylic acids is 1. The van der Waals surface area contributed by atoms with Crippen molar-refractivity contribution in [3.63, 3.8) is 0 Å². The van der Waals surface area contributed by atoms with Gasteiger partial charge in [0.2, 0.25) is 0 Å². The molecule has 1 fully saturated rings. The first-order chi connectivity index (χ1) is 16.3. The van der Waals surface area contributed by atoms with Gasteiger partial charge in [0.15, 0.2) is 11.9 Å². The third kappa shape index (κ3) is 4.94. The van der Waals surface area contributed by atoms with Gasteiger partial charge in [-0.25, -0.2) is 4.39 Å². The number of hydrogen-bond acceptors (Lipinski definition) is 4. The van der Waals surface area contributed by atoms with Crippen LogP contribution in [-0.2, 0) is 11.3 Å². The second kappa shape index (κ2) is 10.1. The standard InChI is InChI=1S/C27H29FN4O2/c1-31(2)17-22-21(18-8-4-3-5-9-18)13-14-23(25(22)28)32-15-7-12-24(27(32)33)34-20-11-6-10-19(16-20)26(29)30/h3-6,8-11,13-14,16,24H,7,12,15,17H2,1-2H3,(H3,29,30). The number of amides is 1. The van der Waals surface area contributed by atoms with Gasteiger partial charge in [-0.2, -0.15) is 0 Å². The molecule has 6 nitrogen and oxygen atoms in total. The molecule has 1 atom stereocenters. The number of nitrogen functional groups attached to an aromatic ring is 1. The normalized spacial score (nSPS) is 16.1. The molecule has 7 heteroatoms. The summed E-state index contributed by atoms with van der Waals surface area (Å²) in [6.07, 6.45) is 0.487. The van der Waals surface area contributed by atoms with Crippen molar-refractivity contribution in [3.05, 3.63) is 83.7 Å². The van der Waals surface area contributed by atoms with Gasteiger partial charge >= 0.3 is 0 Å². The van der Waals surface area contributed by atoms with Gasteiger partial charge in [0.1, 0.15) is 11.6 Å². The topological polar surface area (TPSA) is 82.7 Å². The molecule has 3 aromatic carbocycles. The summed E-state index contributed by atoms with van der Waals surface area (Å²) in [5, 5.41) is 7.61. The van der Waals surface area contributed by atoms with Crippen LogP contribution in [0.3, 0.4) is 0 Å². The zero-order valence-corrected chi connectivity index (χ0v) is 19.4. The van der Waals surface area contributed by atoms with Gasteiger partial charge in [-0.15, -0.1) is 0 Å². The maximum atomic E-state index is 15.9. The van der Waals surface area contributed by atoms with Gasteiger partial charge in [0.05, 0.1) is 5.69 Å². The Hall–Kier alpha value is -3.71. The van der Waals surface area contributed by atoms with E-state index in [1.54, 1.807) is 30.3 Å². The van der Waals surface area contributed by atoms with Crippen molar-refractivity contribution in [2.75, 3.05) is 25.5 Å². The van der Waals surface area contributed by atoms with Gasteiger partial charge in [0, 0.05) is 24.2 Å². The SMILES string of the molecule is CN(C)Cc1c(-c2ccccc2)ccc(N2CCCC(Oc3cccc(C(=N)N)c3)C2=O)c1F. The Balaban J connectivity index is 1.65. The molecule has 1 saturated heterocycles. The molecule has 1 aliphatic rings. The molecule has 3 N–H and O–H groups in total. The largest absolute Gasteiger partial charge is 0.481 e. The highest BCUT2D eigenvalue weighted by Gasteiger charge is 2.33. The number of nitrogens with two attached hydrogens (primary N) is 1. The third-order valence-electron chi connectivity index (χ3n) is 5.89. The fraction of sp³-hybridized carbons (Fsp3) is 0.259. The number of nitrogens with zero attached hydrogens (tertiary/aromatic N) is 2. The monoisotopic (exact) mass is 460 g/mol. The van der Waals surface area contributed by atoms with Crippen LogP contribution in [0.4, 0.5) is 10.1 Å². The molecule has 0 spiro atoms. The molecule has 4 rings (SSSR count). The molecule has 176 valence electrons. The first-order valence-corrected chi connectivity index (χ1v) is 11.3. The van der Waals surface area contributed by atoms with Crippen molar-refractivity contribution in [2.24, 2.45) is 5.73 Å². The number of halogens is 1. The number of rotatable bonds is 7. The average Bonchev–Trinajstić information content (AvgIpc) is 2.82. The fourth-order valence-electron chi connectivity index (χ4n) is 4.27. The lowest BCUT2D eigenvalue weighted by Gasteiger charge is -2.33. The Kier molecular flexibility index (Phi) is 6.93. The number of nitrogens with one attached hydrogen (secondary N) is 1. The van der Waals surface area contributed by atoms with E-state index in [1.165, 1.54) is 4.90 Å². The zero-order chi connectivity index (χ0) is 24.2. The summed E-state index contributed by atoms with van der Waals surface area (Å²) in [5.74, 6) is -0.276. The molecular formula is C27H29FN4O2. The van der Waals surface area contributed by atoms with Crippen molar-refractivity contribution < 1.29 is 13.9 Å². The average molecular weight is 461 g/mol. The highest BCUT2D eigenvalue weighted by Crippen LogP contribution is 2.34. The Bertz CT molecular complexity index is 1200. The van der Waals surface area contributed by atoms with Crippen LogP contribution in [0.15, 0.2) is 66.7 Å². The van der Waals surface area contributed by atoms with E-state index in [9.17, 15) is 4.79 Å². The minimum absolute atomic E-state index is 0.0731. The third-order valence-corrected chi connectivity index (χ3v) is 5.89. The molecule has 0 aliphatic carbocycles. The van der Waals surface area contributed by atoms with Crippen molar-refractivity contribution >= 4 is 17.4 Å². The van der Waals surface area contributed by atoms with Crippen molar-refractivity contribution in [1.29, 1.82) is 5.41 Å². The summed E-state index contributed by atoms with van der Waals surface area (Å²) in [5.41, 5.74) is 8.66. The summed E-state index contributed by atoms with van der Waals surface area (Å²) in [7, 11) is 3.79. The van der Waals surface area contributed by atoms with Gasteiger partial charge < -0.3 is 20.3 Å². The summed E-state index contributed by atoms with van der Waals surface area (Å²) in [6, 6.07) is 20.1. The number of carbonyl (C=O) groups is 1. The van der Waals surface area contributed by atoms with Gasteiger partial charge in [-0.1, -0.05) is 48.5 Å². The first kappa shape index (κ1) is 23.4. The molecule has 1 amide bonds. The Labute approximate surface area is 199 Å². The Morgan fingerprint density at radius 2 is 1.91 bits per heavy atom. The lowest BCUT2D eigenvalue weighted by atomic mass is 9.96. The molecule has 1 heterocycles. The van der Waals surface area contributed by atoms with Crippen LogP contribution in [0.2, 0.25) is 0 Å². The number of piperidine rings is 1. The van der Waals surface area contributed by atoms with E-state index in [0.29, 0.717) is 42.8 Å². The lowest BCUT2D eigenvalue weighted by Crippen LogP contribution is -2.47. The molecule has 1 unspecified atom stereocenters. The minimum Gasteiger partial charge on any atom is -0.481 e. The molecular weight excluding hydrogens is 431 g/mol. The highest BCUT2D eigenvalue weighted by molar-refractivity contribution is 5.98. The maximum absolute atomic E-state index is 15.9. The molecule has 0 radical (unpaired) electrons. The molecule has 1 aliphatic heterocycles. The molecule has 0 aromatic heterocycles. The number of anilines is 1. The number of amidine groups is 1. The lowest BCUT2D eigenvalue weighted by molar-refractivity contribution is -0.127. The second-order valence-electron chi connectivity index (χ2n) is 8.71. The van der Waals surface area contributed by atoms with Gasteiger partial charge in [-0.3, -0.25) is 10.2 Å². The van der Waals surface area contributed by atoms with Gasteiger partial charge in [-0.05, 0) is 56.3 Å². The molecule has 34 heavy (non-hydrogen) atoms. The van der Waals surface area contributed by atoms with E-state index in [-0.39, 0.29) is 23.2 Å². The minimum atomic E-state index is -0.735. The smallest absolute Gasteiger partial charge is 0.268 e. The Morgan fingerprint density at radius 3 is 2.62 bits per heavy atom. The van der Waals surface area contributed by atoms with E-state index in [1.807, 2.05) is 55.4 Å². The van der Waals surface area contributed by atoms with Crippen LogP contribution in [0.1, 0.15) is 24.0 Å². The predicted molar refractivity (Wildman–Crippen MR) is 133 cm³/mol. The van der Waals surface area contributed by atoms with Crippen LogP contribution in [-0.4, -0.2) is 43.4 Å². The molecule has 0 bridgehead atoms. The van der Waals surface area contributed by atoms with Crippen LogP contribution < -0.4 is 15.4 Å². The van der Waals surface area contributed by atoms with Crippen molar-refractivity contribution in [3.8, 4) is 16.9 Å². The van der Waals surface area contributed by atoms with E-state index < -0.39 is 6.10 Å². The van der Waals surface area contributed by atoms with Crippen LogP contribution in [0.5, 0.6) is 5.75 Å². The molecule has 0 saturated carbocycles. The van der Waals surface area contributed by atoms with Crippen molar-refractivity contribution in [1.82, 2.24) is 4.90 Å². The van der Waals surface area contributed by atoms with E-state index in [2.05, 4.69) is 0 Å². The van der Waals surface area contributed by atoms with Gasteiger partial charge in [0.25, 0.3) is 5.91 Å². The van der Waals surface area contributed by atoms with E-state index >= 15 is 4.39 Å². The quantitative estimate of drug-likeness (QED) is 0.404. The maximum Gasteiger partial charge on any atom is 0.268 e. The van der Waals surface area contributed by atoms with Crippen LogP contribution in [0, 0.1) is 11.2 Å². The number of ether oxygens (including phenoxy) is 1. The van der Waals surface area contributed by atoms with Crippen molar-refractivity contribution in [2.45, 2.75) is 25.5 Å². The fourth-order valence-corrected chi connectivity index (χ4v) is 4.27. The predicted octanol–water partition coefficient (Wildman–Crippen LogP) is 4.41. The van der Waals surface area contributed by atoms with Crippen LogP contribution >= 0.6 is 0 Å². The summed E-state index contributed by atoms with van der Waals surface area (Å²) >= 11 is 0. The van der Waals surface area contributed by atoms with E-state index in [4.69, 9.17) is 15.9 Å². The highest BCUT2D eigenvalue weighted by atomic mass is 19.1. The summed E-state index contributed by atoms with van der Waals surface area (Å²) < 4.78 is 21.9. The van der Waals surface area contributed by atoms with Crippen LogP contribution in [0.25, 0.3) is 11.1 Å². The first-order valence-electron chi connectivity index (χ1n) is 11.3. The summed E-state index contributed by atoms with van der Waals surface area (Å²) in [4.78, 5) is 16.8. The Morgan fingerprint density at radius 1 is 1.15 bits per heavy atom. The molecule has 3 aromatic rings. The second-order valence-corrected chi connectivity index (χ2v) is 8.71. The summed E-state index contributed by atoms with van der Waals surface area (Å²) in [6.45, 7) is 0.832. The van der Waals surface area contributed by atoms with E-state index in [0.717, 1.165) is 11.1 Å².